The van der Waals surface area contributed by atoms with Crippen molar-refractivity contribution in [3.8, 4) is 0 Å². The molecule has 0 fully saturated rings. The normalized spacial score (nSPS) is 15.1. The Balaban J connectivity index is 1.56. The number of nitrogens with zero attached hydrogens (tertiary/aromatic N) is 4. The average Bonchev–Trinajstić information content (AvgIpc) is 3.20. The van der Waals surface area contributed by atoms with Crippen LogP contribution in [0.5, 0.6) is 0 Å². The molecule has 0 saturated carbocycles. The minimum atomic E-state index is -0.736. The summed E-state index contributed by atoms with van der Waals surface area (Å²) in [6.45, 7) is 10.9. The first-order valence-electron chi connectivity index (χ1n) is 9.24. The fraction of sp³-hybridized carbons (Fsp3) is 0.474. The Morgan fingerprint density at radius 1 is 1.04 bits per heavy atom. The molecule has 0 radical (unpaired) electrons. The van der Waals surface area contributed by atoms with Crippen molar-refractivity contribution in [2.75, 3.05) is 6.61 Å². The monoisotopic (exact) mass is 402 g/mol. The third-order valence-corrected chi connectivity index (χ3v) is 6.02. The number of amides is 2. The highest BCUT2D eigenvalue weighted by Gasteiger charge is 2.36. The largest absolute Gasteiger partial charge is 0.413 e. The van der Waals surface area contributed by atoms with E-state index in [0.717, 1.165) is 10.8 Å². The van der Waals surface area contributed by atoms with E-state index in [9.17, 15) is 9.59 Å². The van der Waals surface area contributed by atoms with E-state index in [-0.39, 0.29) is 11.6 Å². The topological polar surface area (TPSA) is 86.5 Å². The molecular formula is C19H26N4O4Si. The van der Waals surface area contributed by atoms with Crippen LogP contribution in [0.15, 0.2) is 30.5 Å². The zero-order chi connectivity index (χ0) is 20.5. The van der Waals surface area contributed by atoms with Crippen LogP contribution in [0, 0.1) is 0 Å². The predicted octanol–water partition coefficient (Wildman–Crippen LogP) is 2.06. The minimum Gasteiger partial charge on any atom is -0.413 e. The van der Waals surface area contributed by atoms with Crippen molar-refractivity contribution in [3.05, 3.63) is 47.3 Å². The van der Waals surface area contributed by atoms with Gasteiger partial charge in [0.15, 0.2) is 9.76 Å². The van der Waals surface area contributed by atoms with Gasteiger partial charge >= 0.3 is 0 Å². The second-order valence-corrected chi connectivity index (χ2v) is 11.2. The highest BCUT2D eigenvalue weighted by atomic mass is 28.2. The number of hydroxylamine groups is 2. The lowest BCUT2D eigenvalue weighted by molar-refractivity contribution is -0.0948. The quantitative estimate of drug-likeness (QED) is 0.520. The first-order valence-corrected chi connectivity index (χ1v) is 10.5. The van der Waals surface area contributed by atoms with E-state index >= 15 is 0 Å². The van der Waals surface area contributed by atoms with Crippen molar-refractivity contribution in [3.63, 3.8) is 0 Å². The van der Waals surface area contributed by atoms with Crippen LogP contribution in [0.25, 0.3) is 0 Å². The second-order valence-electron chi connectivity index (χ2n) is 8.47. The number of hydrogen-bond acceptors (Lipinski definition) is 6. The maximum absolute atomic E-state index is 12.3. The van der Waals surface area contributed by atoms with E-state index in [1.54, 1.807) is 30.5 Å². The molecule has 8 nitrogen and oxygen atoms in total. The molecule has 9 heteroatoms. The van der Waals surface area contributed by atoms with Gasteiger partial charge in [-0.25, -0.2) is 0 Å². The van der Waals surface area contributed by atoms with E-state index in [0.29, 0.717) is 17.7 Å². The predicted molar refractivity (Wildman–Crippen MR) is 105 cm³/mol. The molecule has 0 N–H and O–H groups in total. The maximum atomic E-state index is 12.3. The van der Waals surface area contributed by atoms with Gasteiger partial charge in [0.1, 0.15) is 5.69 Å². The number of aromatic nitrogens is 3. The van der Waals surface area contributed by atoms with Crippen LogP contribution in [0.2, 0.25) is 5.04 Å². The summed E-state index contributed by atoms with van der Waals surface area (Å²) in [5.74, 6) is -0.896. The number of rotatable bonds is 7. The van der Waals surface area contributed by atoms with Gasteiger partial charge < -0.3 is 4.43 Å². The van der Waals surface area contributed by atoms with Gasteiger partial charge in [-0.1, -0.05) is 32.9 Å². The Morgan fingerprint density at radius 3 is 2.21 bits per heavy atom. The standard InChI is InChI=1S/C19H26N4O4Si/c1-18(2,3)28-27-19(4,5)15-12-20-22(21-15)10-11-26-23-16(24)13-8-6-7-9-14(13)17(23)25/h6-9,12H,10-11,28H2,1-5H3. The van der Waals surface area contributed by atoms with Gasteiger partial charge in [-0.3, -0.25) is 14.4 Å². The van der Waals surface area contributed by atoms with Gasteiger partial charge in [0.25, 0.3) is 11.8 Å². The summed E-state index contributed by atoms with van der Waals surface area (Å²) >= 11 is 0. The second kappa shape index (κ2) is 7.57. The van der Waals surface area contributed by atoms with Gasteiger partial charge in [0.05, 0.1) is 36.1 Å². The SMILES string of the molecule is CC(C)(C)[SiH2]OC(C)(C)c1cnn(CCON2C(=O)c3ccccc3C2=O)n1. The van der Waals surface area contributed by atoms with Crippen LogP contribution in [-0.2, 0) is 21.4 Å². The molecule has 3 rings (SSSR count). The van der Waals surface area contributed by atoms with Gasteiger partial charge in [0.2, 0.25) is 0 Å². The summed E-state index contributed by atoms with van der Waals surface area (Å²) in [6, 6.07) is 6.66. The summed E-state index contributed by atoms with van der Waals surface area (Å²) in [4.78, 5) is 31.4. The molecule has 0 atom stereocenters. The molecule has 2 aromatic rings. The van der Waals surface area contributed by atoms with E-state index in [2.05, 4.69) is 31.0 Å². The van der Waals surface area contributed by atoms with Crippen LogP contribution in [-0.4, -0.2) is 48.2 Å². The Bertz CT molecular complexity index is 853. The van der Waals surface area contributed by atoms with Gasteiger partial charge in [-0.05, 0) is 31.0 Å². The number of carbonyl (C=O) groups excluding carboxylic acids is 2. The zero-order valence-corrected chi connectivity index (χ0v) is 18.3. The molecule has 1 aliphatic heterocycles. The highest BCUT2D eigenvalue weighted by molar-refractivity contribution is 6.31. The van der Waals surface area contributed by atoms with Crippen molar-refractivity contribution in [1.82, 2.24) is 20.1 Å². The summed E-state index contributed by atoms with van der Waals surface area (Å²) in [6.07, 6.45) is 1.68. The summed E-state index contributed by atoms with van der Waals surface area (Å²) < 4.78 is 6.14. The van der Waals surface area contributed by atoms with Gasteiger partial charge in [-0.2, -0.15) is 15.0 Å². The number of benzene rings is 1. The average molecular weight is 403 g/mol. The van der Waals surface area contributed by atoms with E-state index in [1.807, 2.05) is 13.8 Å². The van der Waals surface area contributed by atoms with Crippen molar-refractivity contribution in [1.29, 1.82) is 0 Å². The molecular weight excluding hydrogens is 376 g/mol. The molecule has 28 heavy (non-hydrogen) atoms. The van der Waals surface area contributed by atoms with Crippen LogP contribution < -0.4 is 0 Å². The van der Waals surface area contributed by atoms with Crippen LogP contribution in [0.1, 0.15) is 61.0 Å². The van der Waals surface area contributed by atoms with Crippen LogP contribution in [0.4, 0.5) is 0 Å². The lowest BCUT2D eigenvalue weighted by atomic mass is 10.1. The van der Waals surface area contributed by atoms with E-state index in [1.165, 1.54) is 4.80 Å². The number of carbonyl (C=O) groups is 2. The van der Waals surface area contributed by atoms with Gasteiger partial charge in [-0.15, -0.1) is 5.06 Å². The lowest BCUT2D eigenvalue weighted by Gasteiger charge is -2.28. The molecule has 0 bridgehead atoms. The van der Waals surface area contributed by atoms with Crippen molar-refractivity contribution < 1.29 is 18.9 Å². The Morgan fingerprint density at radius 2 is 1.64 bits per heavy atom. The Hall–Kier alpha value is -2.36. The third-order valence-electron chi connectivity index (χ3n) is 4.29. The number of imide groups is 1. The van der Waals surface area contributed by atoms with Crippen molar-refractivity contribution >= 4 is 21.6 Å². The molecule has 2 amide bonds. The van der Waals surface area contributed by atoms with Crippen LogP contribution >= 0.6 is 0 Å². The number of fused-ring (bicyclic) bond motifs is 1. The summed E-state index contributed by atoms with van der Waals surface area (Å²) in [5, 5.41) is 9.69. The first kappa shape index (κ1) is 20.4. The van der Waals surface area contributed by atoms with Gasteiger partial charge in [0, 0.05) is 0 Å². The molecule has 1 aliphatic rings. The molecule has 2 heterocycles. The maximum Gasteiger partial charge on any atom is 0.285 e. The Labute approximate surface area is 166 Å². The van der Waals surface area contributed by atoms with Crippen molar-refractivity contribution in [2.24, 2.45) is 0 Å². The summed E-state index contributed by atoms with van der Waals surface area (Å²) in [5.41, 5.74) is 0.939. The molecule has 1 aromatic heterocycles. The van der Waals surface area contributed by atoms with Crippen LogP contribution in [0.3, 0.4) is 0 Å². The fourth-order valence-corrected chi connectivity index (χ4v) is 3.59. The van der Waals surface area contributed by atoms with Crippen molar-refractivity contribution in [2.45, 2.75) is 51.8 Å². The third kappa shape index (κ3) is 4.37. The molecule has 0 aliphatic carbocycles. The first-order chi connectivity index (χ1) is 13.1. The van der Waals surface area contributed by atoms with E-state index in [4.69, 9.17) is 9.26 Å². The zero-order valence-electron chi connectivity index (χ0n) is 16.9. The molecule has 150 valence electrons. The lowest BCUT2D eigenvalue weighted by Crippen LogP contribution is -2.31. The molecule has 1 aromatic carbocycles. The molecule has 0 unspecified atom stereocenters. The summed E-state index contributed by atoms with van der Waals surface area (Å²) in [7, 11) is -0.736. The minimum absolute atomic E-state index is 0.0949. The molecule has 0 spiro atoms. The molecule has 0 saturated heterocycles. The smallest absolute Gasteiger partial charge is 0.285 e. The fourth-order valence-electron chi connectivity index (χ4n) is 2.65. The Kier molecular flexibility index (Phi) is 5.51. The van der Waals surface area contributed by atoms with E-state index < -0.39 is 27.2 Å². The number of hydrogen-bond donors (Lipinski definition) is 0. The highest BCUT2D eigenvalue weighted by Crippen LogP contribution is 2.28.